The van der Waals surface area contributed by atoms with E-state index in [-0.39, 0.29) is 17.8 Å². The molecule has 1 amide bonds. The number of ether oxygens (including phenoxy) is 1. The van der Waals surface area contributed by atoms with Gasteiger partial charge in [-0.2, -0.15) is 0 Å². The molecule has 1 aliphatic rings. The topological polar surface area (TPSA) is 60.2 Å². The number of carbonyl (C=O) groups is 1. The first-order chi connectivity index (χ1) is 17.0. The maximum Gasteiger partial charge on any atom is 0.235 e. The van der Waals surface area contributed by atoms with Gasteiger partial charge in [0.15, 0.2) is 11.0 Å². The van der Waals surface area contributed by atoms with Crippen molar-refractivity contribution in [2.75, 3.05) is 13.1 Å². The standard InChI is InChI=1S/C28H34N4O2S/c1-5-15-32-26(19-34-25-14-10-9-13-24(25)23-11-7-6-8-12-23)29-30-28(32)35-22(4)27(33)31-17-20(2)16-21(3)18-31/h5-14,20-22H,1,15-19H2,2-4H3/t20-,21-,22-/m1/s1. The molecule has 0 radical (unpaired) electrons. The largest absolute Gasteiger partial charge is 0.485 e. The van der Waals surface area contributed by atoms with Crippen LogP contribution >= 0.6 is 11.8 Å². The highest BCUT2D eigenvalue weighted by atomic mass is 32.2. The molecule has 4 rings (SSSR count). The summed E-state index contributed by atoms with van der Waals surface area (Å²) in [4.78, 5) is 15.2. The summed E-state index contributed by atoms with van der Waals surface area (Å²) in [5.41, 5.74) is 2.13. The summed E-state index contributed by atoms with van der Waals surface area (Å²) in [5, 5.41) is 9.26. The number of benzene rings is 2. The third kappa shape index (κ3) is 6.14. The van der Waals surface area contributed by atoms with Gasteiger partial charge in [0.2, 0.25) is 5.91 Å². The van der Waals surface area contributed by atoms with Gasteiger partial charge in [-0.25, -0.2) is 0 Å². The summed E-state index contributed by atoms with van der Waals surface area (Å²) < 4.78 is 8.19. The van der Waals surface area contributed by atoms with Gasteiger partial charge in [-0.15, -0.1) is 16.8 Å². The number of allylic oxidation sites excluding steroid dienone is 1. The fraction of sp³-hybridized carbons (Fsp3) is 0.393. The number of nitrogens with zero attached hydrogens (tertiary/aromatic N) is 4. The Bertz CT molecular complexity index is 1140. The molecule has 0 aliphatic carbocycles. The predicted molar refractivity (Wildman–Crippen MR) is 141 cm³/mol. The van der Waals surface area contributed by atoms with Crippen molar-refractivity contribution in [3.63, 3.8) is 0 Å². The Balaban J connectivity index is 1.47. The second kappa shape index (κ2) is 11.6. The Hall–Kier alpha value is -3.06. The summed E-state index contributed by atoms with van der Waals surface area (Å²) in [6.07, 6.45) is 2.99. The van der Waals surface area contributed by atoms with Gasteiger partial charge in [-0.3, -0.25) is 9.36 Å². The molecule has 1 aliphatic heterocycles. The number of hydrogen-bond donors (Lipinski definition) is 0. The summed E-state index contributed by atoms with van der Waals surface area (Å²) in [6.45, 7) is 12.8. The van der Waals surface area contributed by atoms with Gasteiger partial charge in [0.1, 0.15) is 12.4 Å². The lowest BCUT2D eigenvalue weighted by molar-refractivity contribution is -0.132. The smallest absolute Gasteiger partial charge is 0.235 e. The number of para-hydroxylation sites is 1. The monoisotopic (exact) mass is 490 g/mol. The zero-order valence-electron chi connectivity index (χ0n) is 20.8. The van der Waals surface area contributed by atoms with Crippen molar-refractivity contribution >= 4 is 17.7 Å². The lowest BCUT2D eigenvalue weighted by atomic mass is 9.92. The summed E-state index contributed by atoms with van der Waals surface area (Å²) in [6, 6.07) is 18.2. The number of hydrogen-bond acceptors (Lipinski definition) is 5. The first-order valence-electron chi connectivity index (χ1n) is 12.2. The van der Waals surface area contributed by atoms with E-state index in [0.29, 0.717) is 29.4 Å². The number of amides is 1. The summed E-state index contributed by atoms with van der Waals surface area (Å²) in [5.74, 6) is 2.72. The van der Waals surface area contributed by atoms with Gasteiger partial charge < -0.3 is 9.64 Å². The van der Waals surface area contributed by atoms with Crippen molar-refractivity contribution in [1.82, 2.24) is 19.7 Å². The molecule has 0 unspecified atom stereocenters. The van der Waals surface area contributed by atoms with Crippen LogP contribution in [0.3, 0.4) is 0 Å². The molecule has 2 heterocycles. The van der Waals surface area contributed by atoms with Crippen LogP contribution in [0.1, 0.15) is 33.0 Å². The minimum Gasteiger partial charge on any atom is -0.485 e. The van der Waals surface area contributed by atoms with Crippen LogP contribution in [0.15, 0.2) is 72.4 Å². The summed E-state index contributed by atoms with van der Waals surface area (Å²) in [7, 11) is 0. The van der Waals surface area contributed by atoms with Crippen LogP contribution in [0.2, 0.25) is 0 Å². The number of aromatic nitrogens is 3. The van der Waals surface area contributed by atoms with Gasteiger partial charge in [0, 0.05) is 25.2 Å². The van der Waals surface area contributed by atoms with E-state index < -0.39 is 0 Å². The molecule has 0 N–H and O–H groups in total. The number of rotatable bonds is 9. The molecule has 6 nitrogen and oxygen atoms in total. The Morgan fingerprint density at radius 1 is 1.11 bits per heavy atom. The van der Waals surface area contributed by atoms with Crippen LogP contribution in [0, 0.1) is 11.8 Å². The average molecular weight is 491 g/mol. The van der Waals surface area contributed by atoms with Crippen LogP contribution < -0.4 is 4.74 Å². The summed E-state index contributed by atoms with van der Waals surface area (Å²) >= 11 is 1.45. The van der Waals surface area contributed by atoms with E-state index in [1.54, 1.807) is 0 Å². The zero-order chi connectivity index (χ0) is 24.8. The van der Waals surface area contributed by atoms with Crippen molar-refractivity contribution in [2.24, 2.45) is 11.8 Å². The van der Waals surface area contributed by atoms with E-state index in [0.717, 1.165) is 30.0 Å². The molecule has 184 valence electrons. The Labute approximate surface area is 212 Å². The molecule has 3 aromatic rings. The van der Waals surface area contributed by atoms with Crippen molar-refractivity contribution in [3.05, 3.63) is 73.1 Å². The van der Waals surface area contributed by atoms with Gasteiger partial charge in [-0.05, 0) is 36.8 Å². The van der Waals surface area contributed by atoms with Gasteiger partial charge >= 0.3 is 0 Å². The quantitative estimate of drug-likeness (QED) is 0.285. The highest BCUT2D eigenvalue weighted by molar-refractivity contribution is 8.00. The van der Waals surface area contributed by atoms with E-state index in [9.17, 15) is 4.79 Å². The highest BCUT2D eigenvalue weighted by Crippen LogP contribution is 2.31. The number of carbonyl (C=O) groups excluding carboxylic acids is 1. The first kappa shape index (κ1) is 25.0. The van der Waals surface area contributed by atoms with Crippen molar-refractivity contribution in [2.45, 2.75) is 50.8 Å². The highest BCUT2D eigenvalue weighted by Gasteiger charge is 2.29. The molecule has 3 atom stereocenters. The van der Waals surface area contributed by atoms with Crippen LogP contribution in [-0.4, -0.2) is 43.9 Å². The number of thioether (sulfide) groups is 1. The zero-order valence-corrected chi connectivity index (χ0v) is 21.6. The molecule has 0 bridgehead atoms. The molecule has 1 aromatic heterocycles. The van der Waals surface area contributed by atoms with Crippen LogP contribution in [-0.2, 0) is 17.9 Å². The van der Waals surface area contributed by atoms with E-state index in [4.69, 9.17) is 4.74 Å². The normalized spacial score (nSPS) is 18.8. The number of piperidine rings is 1. The average Bonchev–Trinajstić information content (AvgIpc) is 3.23. The van der Waals surface area contributed by atoms with Crippen molar-refractivity contribution in [1.29, 1.82) is 0 Å². The SMILES string of the molecule is C=CCn1c(COc2ccccc2-c2ccccc2)nnc1S[C@H](C)C(=O)N1C[C@H](C)C[C@@H](C)C1. The first-order valence-corrected chi connectivity index (χ1v) is 13.1. The lowest BCUT2D eigenvalue weighted by Gasteiger charge is -2.36. The second-order valence-electron chi connectivity index (χ2n) is 9.40. The predicted octanol–water partition coefficient (Wildman–Crippen LogP) is 5.70. The van der Waals surface area contributed by atoms with E-state index >= 15 is 0 Å². The number of likely N-dealkylation sites (tertiary alicyclic amines) is 1. The molecule has 7 heteroatoms. The van der Waals surface area contributed by atoms with Crippen molar-refractivity contribution in [3.8, 4) is 16.9 Å². The van der Waals surface area contributed by atoms with E-state index in [1.807, 2.05) is 58.9 Å². The lowest BCUT2D eigenvalue weighted by Crippen LogP contribution is -2.45. The van der Waals surface area contributed by atoms with Crippen LogP contribution in [0.25, 0.3) is 11.1 Å². The fourth-order valence-corrected chi connectivity index (χ4v) is 5.69. The molecule has 35 heavy (non-hydrogen) atoms. The molecule has 1 fully saturated rings. The van der Waals surface area contributed by atoms with Crippen molar-refractivity contribution < 1.29 is 9.53 Å². The Morgan fingerprint density at radius 3 is 2.51 bits per heavy atom. The van der Waals surface area contributed by atoms with E-state index in [1.165, 1.54) is 18.2 Å². The maximum absolute atomic E-state index is 13.2. The minimum absolute atomic E-state index is 0.163. The fourth-order valence-electron chi connectivity index (χ4n) is 4.72. The third-order valence-electron chi connectivity index (χ3n) is 6.24. The molecular weight excluding hydrogens is 456 g/mol. The van der Waals surface area contributed by atoms with Gasteiger partial charge in [0.05, 0.1) is 5.25 Å². The Kier molecular flexibility index (Phi) is 8.29. The molecule has 2 aromatic carbocycles. The molecular formula is C28H34N4O2S. The molecule has 0 saturated carbocycles. The van der Waals surface area contributed by atoms with E-state index in [2.05, 4.69) is 48.8 Å². The minimum atomic E-state index is -0.243. The second-order valence-corrected chi connectivity index (χ2v) is 10.7. The molecule has 0 spiro atoms. The third-order valence-corrected chi connectivity index (χ3v) is 7.31. The van der Waals surface area contributed by atoms with Crippen LogP contribution in [0.4, 0.5) is 0 Å². The van der Waals surface area contributed by atoms with Crippen LogP contribution in [0.5, 0.6) is 5.75 Å². The van der Waals surface area contributed by atoms with Gasteiger partial charge in [0.25, 0.3) is 0 Å². The van der Waals surface area contributed by atoms with Gasteiger partial charge in [-0.1, -0.05) is 80.2 Å². The molecule has 1 saturated heterocycles. The maximum atomic E-state index is 13.2. The Morgan fingerprint density at radius 2 is 1.80 bits per heavy atom.